The van der Waals surface area contributed by atoms with Gasteiger partial charge in [-0.1, -0.05) is 0 Å². The van der Waals surface area contributed by atoms with Crippen LogP contribution < -0.4 is 0 Å². The number of methoxy groups -OCH3 is 1. The Hall–Kier alpha value is -0.160. The summed E-state index contributed by atoms with van der Waals surface area (Å²) in [5, 5.41) is 9.84. The first-order valence-electron chi connectivity index (χ1n) is 6.16. The lowest BCUT2D eigenvalue weighted by Gasteiger charge is -2.24. The average molecular weight is 231 g/mol. The summed E-state index contributed by atoms with van der Waals surface area (Å²) in [7, 11) is 1.65. The molecule has 16 heavy (non-hydrogen) atoms. The summed E-state index contributed by atoms with van der Waals surface area (Å²) >= 11 is 0. The SMILES string of the molecule is COCC(C)OCC(O)CN1CCCC1C. The summed E-state index contributed by atoms with van der Waals surface area (Å²) in [4.78, 5) is 2.33. The van der Waals surface area contributed by atoms with Crippen molar-refractivity contribution in [1.29, 1.82) is 0 Å². The molecule has 1 rings (SSSR count). The fraction of sp³-hybridized carbons (Fsp3) is 1.00. The van der Waals surface area contributed by atoms with Crippen LogP contribution in [0.3, 0.4) is 0 Å². The molecule has 0 amide bonds. The van der Waals surface area contributed by atoms with Gasteiger partial charge < -0.3 is 14.6 Å². The molecule has 0 saturated carbocycles. The number of rotatable bonds is 7. The number of ether oxygens (including phenoxy) is 2. The van der Waals surface area contributed by atoms with Crippen LogP contribution in [0.2, 0.25) is 0 Å². The molecule has 0 aromatic heterocycles. The normalized spacial score (nSPS) is 25.9. The van der Waals surface area contributed by atoms with Crippen LogP contribution in [0.15, 0.2) is 0 Å². The number of likely N-dealkylation sites (tertiary alicyclic amines) is 1. The van der Waals surface area contributed by atoms with Crippen LogP contribution in [-0.4, -0.2) is 61.7 Å². The van der Waals surface area contributed by atoms with Crippen molar-refractivity contribution in [2.45, 2.75) is 44.9 Å². The maximum absolute atomic E-state index is 9.84. The fourth-order valence-corrected chi connectivity index (χ4v) is 2.15. The van der Waals surface area contributed by atoms with E-state index in [1.807, 2.05) is 6.92 Å². The predicted octanol–water partition coefficient (Wildman–Crippen LogP) is 0.883. The molecular weight excluding hydrogens is 206 g/mol. The Morgan fingerprint density at radius 3 is 2.75 bits per heavy atom. The molecule has 1 heterocycles. The lowest BCUT2D eigenvalue weighted by molar-refractivity contribution is -0.0401. The monoisotopic (exact) mass is 231 g/mol. The molecule has 0 spiro atoms. The second kappa shape index (κ2) is 7.22. The van der Waals surface area contributed by atoms with E-state index in [1.165, 1.54) is 12.8 Å². The van der Waals surface area contributed by atoms with Gasteiger partial charge in [-0.15, -0.1) is 0 Å². The zero-order valence-corrected chi connectivity index (χ0v) is 10.7. The maximum atomic E-state index is 9.84. The van der Waals surface area contributed by atoms with Crippen LogP contribution in [0.25, 0.3) is 0 Å². The zero-order chi connectivity index (χ0) is 12.0. The first-order chi connectivity index (χ1) is 7.63. The molecule has 0 aliphatic carbocycles. The van der Waals surface area contributed by atoms with Crippen LogP contribution in [0, 0.1) is 0 Å². The Kier molecular flexibility index (Phi) is 6.28. The van der Waals surface area contributed by atoms with Crippen LogP contribution in [0.4, 0.5) is 0 Å². The number of hydrogen-bond donors (Lipinski definition) is 1. The highest BCUT2D eigenvalue weighted by atomic mass is 16.5. The first kappa shape index (κ1) is 13.9. The quantitative estimate of drug-likeness (QED) is 0.706. The van der Waals surface area contributed by atoms with Crippen molar-refractivity contribution in [1.82, 2.24) is 4.90 Å². The summed E-state index contributed by atoms with van der Waals surface area (Å²) in [6.45, 7) is 6.97. The zero-order valence-electron chi connectivity index (χ0n) is 10.7. The molecule has 96 valence electrons. The van der Waals surface area contributed by atoms with Gasteiger partial charge in [-0.2, -0.15) is 0 Å². The highest BCUT2D eigenvalue weighted by Crippen LogP contribution is 2.16. The largest absolute Gasteiger partial charge is 0.389 e. The van der Waals surface area contributed by atoms with Crippen molar-refractivity contribution >= 4 is 0 Å². The highest BCUT2D eigenvalue weighted by molar-refractivity contribution is 4.77. The number of β-amino-alcohol motifs (C(OH)–C–C–N with tert-alkyl or cyclic N) is 1. The number of aliphatic hydroxyl groups is 1. The second-order valence-corrected chi connectivity index (χ2v) is 4.74. The average Bonchev–Trinajstić information content (AvgIpc) is 2.62. The Labute approximate surface area is 98.5 Å². The molecule has 3 atom stereocenters. The van der Waals surface area contributed by atoms with Gasteiger partial charge >= 0.3 is 0 Å². The second-order valence-electron chi connectivity index (χ2n) is 4.74. The van der Waals surface area contributed by atoms with Gasteiger partial charge in [-0.25, -0.2) is 0 Å². The standard InChI is InChI=1S/C12H25NO3/c1-10-5-4-6-13(10)7-12(14)9-16-11(2)8-15-3/h10-12,14H,4-9H2,1-3H3. The molecule has 1 N–H and O–H groups in total. The van der Waals surface area contributed by atoms with Gasteiger partial charge in [-0.3, -0.25) is 4.90 Å². The molecule has 4 nitrogen and oxygen atoms in total. The summed E-state index contributed by atoms with van der Waals surface area (Å²) in [6.07, 6.45) is 2.15. The van der Waals surface area contributed by atoms with E-state index < -0.39 is 0 Å². The van der Waals surface area contributed by atoms with E-state index in [2.05, 4.69) is 11.8 Å². The third kappa shape index (κ3) is 4.78. The first-order valence-corrected chi connectivity index (χ1v) is 6.16. The van der Waals surface area contributed by atoms with Crippen molar-refractivity contribution in [3.05, 3.63) is 0 Å². The fourth-order valence-electron chi connectivity index (χ4n) is 2.15. The number of aliphatic hydroxyl groups excluding tert-OH is 1. The van der Waals surface area contributed by atoms with E-state index in [-0.39, 0.29) is 12.2 Å². The van der Waals surface area contributed by atoms with Crippen LogP contribution in [0.1, 0.15) is 26.7 Å². The molecule has 1 saturated heterocycles. The summed E-state index contributed by atoms with van der Waals surface area (Å²) < 4.78 is 10.5. The van der Waals surface area contributed by atoms with Crippen LogP contribution in [-0.2, 0) is 9.47 Å². The number of nitrogens with zero attached hydrogens (tertiary/aromatic N) is 1. The van der Waals surface area contributed by atoms with E-state index in [0.717, 1.165) is 13.1 Å². The molecule has 1 aliphatic heterocycles. The molecule has 1 aliphatic rings. The van der Waals surface area contributed by atoms with Crippen molar-refractivity contribution in [3.8, 4) is 0 Å². The van der Waals surface area contributed by atoms with Crippen molar-refractivity contribution in [2.24, 2.45) is 0 Å². The van der Waals surface area contributed by atoms with Crippen molar-refractivity contribution in [3.63, 3.8) is 0 Å². The van der Waals surface area contributed by atoms with Crippen molar-refractivity contribution in [2.75, 3.05) is 33.4 Å². The summed E-state index contributed by atoms with van der Waals surface area (Å²) in [5.74, 6) is 0. The minimum absolute atomic E-state index is 0.0515. The van der Waals surface area contributed by atoms with E-state index >= 15 is 0 Å². The molecule has 0 aromatic rings. The Morgan fingerprint density at radius 2 is 2.19 bits per heavy atom. The lowest BCUT2D eigenvalue weighted by atomic mass is 10.2. The molecule has 0 aromatic carbocycles. The van der Waals surface area contributed by atoms with E-state index in [4.69, 9.17) is 9.47 Å². The van der Waals surface area contributed by atoms with Crippen LogP contribution in [0.5, 0.6) is 0 Å². The molecular formula is C12H25NO3. The smallest absolute Gasteiger partial charge is 0.0900 e. The predicted molar refractivity (Wildman–Crippen MR) is 63.6 cm³/mol. The van der Waals surface area contributed by atoms with Crippen LogP contribution >= 0.6 is 0 Å². The van der Waals surface area contributed by atoms with E-state index in [0.29, 0.717) is 19.3 Å². The molecule has 0 radical (unpaired) electrons. The highest BCUT2D eigenvalue weighted by Gasteiger charge is 2.22. The number of hydrogen-bond acceptors (Lipinski definition) is 4. The third-order valence-electron chi connectivity index (χ3n) is 3.11. The third-order valence-corrected chi connectivity index (χ3v) is 3.11. The topological polar surface area (TPSA) is 41.9 Å². The Balaban J connectivity index is 2.12. The molecule has 4 heteroatoms. The lowest BCUT2D eigenvalue weighted by Crippen LogP contribution is -2.37. The molecule has 0 bridgehead atoms. The molecule has 1 fully saturated rings. The van der Waals surface area contributed by atoms with E-state index in [9.17, 15) is 5.11 Å². The summed E-state index contributed by atoms with van der Waals surface area (Å²) in [6, 6.07) is 0.603. The maximum Gasteiger partial charge on any atom is 0.0900 e. The minimum Gasteiger partial charge on any atom is -0.389 e. The van der Waals surface area contributed by atoms with Gasteiger partial charge in [0.15, 0.2) is 0 Å². The Bertz CT molecular complexity index is 189. The van der Waals surface area contributed by atoms with Gasteiger partial charge in [0, 0.05) is 19.7 Å². The van der Waals surface area contributed by atoms with Gasteiger partial charge in [0.2, 0.25) is 0 Å². The molecule has 3 unspecified atom stereocenters. The van der Waals surface area contributed by atoms with Gasteiger partial charge in [-0.05, 0) is 33.2 Å². The van der Waals surface area contributed by atoms with Gasteiger partial charge in [0.25, 0.3) is 0 Å². The van der Waals surface area contributed by atoms with Gasteiger partial charge in [0.05, 0.1) is 25.4 Å². The van der Waals surface area contributed by atoms with Gasteiger partial charge in [0.1, 0.15) is 0 Å². The van der Waals surface area contributed by atoms with E-state index in [1.54, 1.807) is 7.11 Å². The van der Waals surface area contributed by atoms with Crippen molar-refractivity contribution < 1.29 is 14.6 Å². The summed E-state index contributed by atoms with van der Waals surface area (Å²) in [5.41, 5.74) is 0. The minimum atomic E-state index is -0.389. The Morgan fingerprint density at radius 1 is 1.44 bits per heavy atom.